The molecule has 1 heterocycles. The SMILES string of the molecule is CC(C)(C)OC(=O)N1CCC(Oc2ccccc2C(=O)O)C1. The number of hydrogen-bond donors (Lipinski definition) is 1. The number of likely N-dealkylation sites (tertiary alicyclic amines) is 1. The number of para-hydroxylation sites is 1. The molecule has 1 amide bonds. The number of carbonyl (C=O) groups is 2. The fraction of sp³-hybridized carbons (Fsp3) is 0.500. The van der Waals surface area contributed by atoms with E-state index < -0.39 is 11.6 Å². The number of amides is 1. The molecule has 0 bridgehead atoms. The van der Waals surface area contributed by atoms with Gasteiger partial charge in [-0.1, -0.05) is 12.1 Å². The van der Waals surface area contributed by atoms with Crippen LogP contribution in [0.5, 0.6) is 5.75 Å². The minimum absolute atomic E-state index is 0.123. The number of aromatic carboxylic acids is 1. The van der Waals surface area contributed by atoms with Crippen LogP contribution in [0.15, 0.2) is 24.3 Å². The standard InChI is InChI=1S/C16H21NO5/c1-16(2,3)22-15(20)17-9-8-11(10-17)21-13-7-5-4-6-12(13)14(18)19/h4-7,11H,8-10H2,1-3H3,(H,18,19). The van der Waals surface area contributed by atoms with E-state index in [9.17, 15) is 9.59 Å². The maximum Gasteiger partial charge on any atom is 0.410 e. The Bertz CT molecular complexity index is 564. The molecule has 120 valence electrons. The zero-order valence-electron chi connectivity index (χ0n) is 13.0. The van der Waals surface area contributed by atoms with Crippen molar-refractivity contribution in [1.82, 2.24) is 4.90 Å². The van der Waals surface area contributed by atoms with Gasteiger partial charge in [-0.2, -0.15) is 0 Å². The highest BCUT2D eigenvalue weighted by atomic mass is 16.6. The van der Waals surface area contributed by atoms with Crippen molar-refractivity contribution < 1.29 is 24.2 Å². The topological polar surface area (TPSA) is 76.1 Å². The van der Waals surface area contributed by atoms with Crippen LogP contribution in [0.4, 0.5) is 4.79 Å². The predicted octanol–water partition coefficient (Wildman–Crippen LogP) is 2.77. The normalized spacial score (nSPS) is 18.1. The molecule has 1 unspecified atom stereocenters. The molecular formula is C16H21NO5. The molecule has 1 aliphatic heterocycles. The Labute approximate surface area is 129 Å². The average Bonchev–Trinajstić information content (AvgIpc) is 2.86. The van der Waals surface area contributed by atoms with Gasteiger partial charge in [-0.05, 0) is 32.9 Å². The van der Waals surface area contributed by atoms with Crippen molar-refractivity contribution in [2.45, 2.75) is 38.9 Å². The van der Waals surface area contributed by atoms with Crippen molar-refractivity contribution in [2.24, 2.45) is 0 Å². The summed E-state index contributed by atoms with van der Waals surface area (Å²) < 4.78 is 11.1. The summed E-state index contributed by atoms with van der Waals surface area (Å²) in [4.78, 5) is 24.7. The van der Waals surface area contributed by atoms with Gasteiger partial charge in [0.25, 0.3) is 0 Å². The Hall–Kier alpha value is -2.24. The molecular weight excluding hydrogens is 286 g/mol. The molecule has 0 aliphatic carbocycles. The summed E-state index contributed by atoms with van der Waals surface area (Å²) >= 11 is 0. The second-order valence-electron chi connectivity index (χ2n) is 6.26. The lowest BCUT2D eigenvalue weighted by molar-refractivity contribution is 0.0274. The van der Waals surface area contributed by atoms with E-state index in [0.717, 1.165) is 0 Å². The predicted molar refractivity (Wildman–Crippen MR) is 80.2 cm³/mol. The number of ether oxygens (including phenoxy) is 2. The molecule has 0 radical (unpaired) electrons. The van der Waals surface area contributed by atoms with E-state index in [1.807, 2.05) is 20.8 Å². The highest BCUT2D eigenvalue weighted by molar-refractivity contribution is 5.90. The maximum atomic E-state index is 12.0. The highest BCUT2D eigenvalue weighted by Crippen LogP contribution is 2.23. The highest BCUT2D eigenvalue weighted by Gasteiger charge is 2.31. The molecule has 2 rings (SSSR count). The van der Waals surface area contributed by atoms with Crippen LogP contribution in [-0.2, 0) is 4.74 Å². The first-order valence-electron chi connectivity index (χ1n) is 7.23. The van der Waals surface area contributed by atoms with Crippen LogP contribution in [0.25, 0.3) is 0 Å². The molecule has 1 atom stereocenters. The van der Waals surface area contributed by atoms with Crippen LogP contribution in [0.1, 0.15) is 37.6 Å². The molecule has 6 nitrogen and oxygen atoms in total. The maximum absolute atomic E-state index is 12.0. The molecule has 1 aromatic rings. The minimum atomic E-state index is -1.03. The van der Waals surface area contributed by atoms with Crippen LogP contribution in [0.3, 0.4) is 0 Å². The van der Waals surface area contributed by atoms with E-state index in [1.165, 1.54) is 6.07 Å². The summed E-state index contributed by atoms with van der Waals surface area (Å²) in [6.07, 6.45) is 0.0471. The molecule has 1 N–H and O–H groups in total. The van der Waals surface area contributed by atoms with Crippen LogP contribution >= 0.6 is 0 Å². The van der Waals surface area contributed by atoms with Gasteiger partial charge in [-0.15, -0.1) is 0 Å². The Balaban J connectivity index is 1.97. The molecule has 1 fully saturated rings. The molecule has 1 aliphatic rings. The van der Waals surface area contributed by atoms with Crippen molar-refractivity contribution in [3.63, 3.8) is 0 Å². The van der Waals surface area contributed by atoms with Gasteiger partial charge in [0, 0.05) is 13.0 Å². The number of rotatable bonds is 3. The van der Waals surface area contributed by atoms with Crippen LogP contribution in [-0.4, -0.2) is 46.9 Å². The lowest BCUT2D eigenvalue weighted by Gasteiger charge is -2.24. The van der Waals surface area contributed by atoms with Gasteiger partial charge in [0.05, 0.1) is 6.54 Å². The van der Waals surface area contributed by atoms with E-state index in [2.05, 4.69) is 0 Å². The van der Waals surface area contributed by atoms with E-state index >= 15 is 0 Å². The molecule has 1 aromatic carbocycles. The van der Waals surface area contributed by atoms with Gasteiger partial charge in [0.1, 0.15) is 23.0 Å². The van der Waals surface area contributed by atoms with E-state index in [-0.39, 0.29) is 17.8 Å². The number of carbonyl (C=O) groups excluding carboxylic acids is 1. The van der Waals surface area contributed by atoms with Crippen molar-refractivity contribution in [3.05, 3.63) is 29.8 Å². The molecule has 0 saturated carbocycles. The Morgan fingerprint density at radius 3 is 2.59 bits per heavy atom. The van der Waals surface area contributed by atoms with Crippen molar-refractivity contribution in [3.8, 4) is 5.75 Å². The van der Waals surface area contributed by atoms with Crippen LogP contribution in [0.2, 0.25) is 0 Å². The molecule has 22 heavy (non-hydrogen) atoms. The first-order chi connectivity index (χ1) is 10.3. The van der Waals surface area contributed by atoms with Crippen molar-refractivity contribution in [1.29, 1.82) is 0 Å². The molecule has 0 aromatic heterocycles. The first-order valence-corrected chi connectivity index (χ1v) is 7.23. The summed E-state index contributed by atoms with van der Waals surface area (Å²) in [5.41, 5.74) is -0.412. The number of carboxylic acid groups (broad SMARTS) is 1. The zero-order valence-corrected chi connectivity index (χ0v) is 13.0. The van der Waals surface area contributed by atoms with Crippen molar-refractivity contribution >= 4 is 12.1 Å². The zero-order chi connectivity index (χ0) is 16.3. The van der Waals surface area contributed by atoms with E-state index in [4.69, 9.17) is 14.6 Å². The Kier molecular flexibility index (Phi) is 4.59. The lowest BCUT2D eigenvalue weighted by atomic mass is 10.2. The second kappa shape index (κ2) is 6.25. The van der Waals surface area contributed by atoms with Crippen LogP contribution in [0, 0.1) is 0 Å². The van der Waals surface area contributed by atoms with Crippen molar-refractivity contribution in [2.75, 3.05) is 13.1 Å². The number of hydrogen-bond acceptors (Lipinski definition) is 4. The van der Waals surface area contributed by atoms with E-state index in [0.29, 0.717) is 25.3 Å². The number of nitrogens with zero attached hydrogens (tertiary/aromatic N) is 1. The summed E-state index contributed by atoms with van der Waals surface area (Å²) in [6.45, 7) is 6.38. The third-order valence-corrected chi connectivity index (χ3v) is 3.21. The smallest absolute Gasteiger partial charge is 0.410 e. The van der Waals surface area contributed by atoms with Gasteiger partial charge in [-0.3, -0.25) is 0 Å². The van der Waals surface area contributed by atoms with Gasteiger partial charge in [0.2, 0.25) is 0 Å². The monoisotopic (exact) mass is 307 g/mol. The van der Waals surface area contributed by atoms with Crippen LogP contribution < -0.4 is 4.74 Å². The minimum Gasteiger partial charge on any atom is -0.488 e. The third-order valence-electron chi connectivity index (χ3n) is 3.21. The Morgan fingerprint density at radius 1 is 1.27 bits per heavy atom. The fourth-order valence-corrected chi connectivity index (χ4v) is 2.24. The largest absolute Gasteiger partial charge is 0.488 e. The van der Waals surface area contributed by atoms with Gasteiger partial charge < -0.3 is 19.5 Å². The number of carboxylic acids is 1. The lowest BCUT2D eigenvalue weighted by Crippen LogP contribution is -2.36. The fourth-order valence-electron chi connectivity index (χ4n) is 2.24. The summed E-state index contributed by atoms with van der Waals surface area (Å²) in [7, 11) is 0. The molecule has 1 saturated heterocycles. The summed E-state index contributed by atoms with van der Waals surface area (Å²) in [6, 6.07) is 6.50. The van der Waals surface area contributed by atoms with Gasteiger partial charge >= 0.3 is 12.1 Å². The molecule has 0 spiro atoms. The number of benzene rings is 1. The third kappa shape index (κ3) is 4.13. The van der Waals surface area contributed by atoms with Gasteiger partial charge in [-0.25, -0.2) is 9.59 Å². The second-order valence-corrected chi connectivity index (χ2v) is 6.26. The quantitative estimate of drug-likeness (QED) is 0.929. The average molecular weight is 307 g/mol. The Morgan fingerprint density at radius 2 is 1.95 bits per heavy atom. The van der Waals surface area contributed by atoms with Gasteiger partial charge in [0.15, 0.2) is 0 Å². The summed E-state index contributed by atoms with van der Waals surface area (Å²) in [5, 5.41) is 9.14. The molecule has 6 heteroatoms. The van der Waals surface area contributed by atoms with E-state index in [1.54, 1.807) is 23.1 Å². The first kappa shape index (κ1) is 16.1. The summed E-state index contributed by atoms with van der Waals surface area (Å²) in [5.74, 6) is -0.705.